The molecule has 0 aromatic heterocycles. The summed E-state index contributed by atoms with van der Waals surface area (Å²) in [7, 11) is 1.36. The standard InChI is InChI=1S/C16H22N4O3/c1-23-18-15(21)19-11-14(12-5-3-2-4-6-12)20(16(19)22)13-7-9-17-10-8-13/h2-6,13-14,17H,7-11H2,1H3,(H,18,21)/t14-/m0/s1. The zero-order valence-corrected chi connectivity index (χ0v) is 13.2. The van der Waals surface area contributed by atoms with E-state index >= 15 is 0 Å². The number of nitrogens with one attached hydrogen (secondary N) is 2. The zero-order valence-electron chi connectivity index (χ0n) is 13.2. The maximum atomic E-state index is 12.8. The SMILES string of the molecule is CONC(=O)N1C[C@@H](c2ccccc2)N(C2CCNCC2)C1=O. The third-order valence-corrected chi connectivity index (χ3v) is 4.46. The molecule has 2 saturated heterocycles. The second-order valence-electron chi connectivity index (χ2n) is 5.82. The first-order chi connectivity index (χ1) is 11.2. The number of piperidine rings is 1. The average molecular weight is 318 g/mol. The second-order valence-corrected chi connectivity index (χ2v) is 5.82. The van der Waals surface area contributed by atoms with Gasteiger partial charge in [0, 0.05) is 6.04 Å². The summed E-state index contributed by atoms with van der Waals surface area (Å²) < 4.78 is 0. The molecule has 2 N–H and O–H groups in total. The minimum atomic E-state index is -0.519. The van der Waals surface area contributed by atoms with Gasteiger partial charge in [-0.1, -0.05) is 30.3 Å². The number of hydrogen-bond donors (Lipinski definition) is 2. The van der Waals surface area contributed by atoms with Crippen molar-refractivity contribution in [1.29, 1.82) is 0 Å². The smallest absolute Gasteiger partial charge is 0.317 e. The first kappa shape index (κ1) is 15.8. The number of benzene rings is 1. The zero-order chi connectivity index (χ0) is 16.2. The van der Waals surface area contributed by atoms with Crippen molar-refractivity contribution >= 4 is 12.1 Å². The Balaban J connectivity index is 1.87. The molecule has 1 aromatic carbocycles. The first-order valence-corrected chi connectivity index (χ1v) is 7.91. The molecule has 2 fully saturated rings. The molecule has 124 valence electrons. The summed E-state index contributed by atoms with van der Waals surface area (Å²) in [6.45, 7) is 2.11. The Labute approximate surface area is 135 Å². The fourth-order valence-electron chi connectivity index (χ4n) is 3.36. The van der Waals surface area contributed by atoms with Crippen LogP contribution in [0.15, 0.2) is 30.3 Å². The van der Waals surface area contributed by atoms with Gasteiger partial charge in [0.05, 0.1) is 19.7 Å². The van der Waals surface area contributed by atoms with Gasteiger partial charge in [-0.15, -0.1) is 0 Å². The van der Waals surface area contributed by atoms with Crippen LogP contribution in [-0.4, -0.2) is 54.6 Å². The van der Waals surface area contributed by atoms with Crippen molar-refractivity contribution in [3.05, 3.63) is 35.9 Å². The second kappa shape index (κ2) is 6.97. The average Bonchev–Trinajstić information content (AvgIpc) is 2.94. The van der Waals surface area contributed by atoms with Crippen LogP contribution >= 0.6 is 0 Å². The minimum Gasteiger partial charge on any atom is -0.317 e. The van der Waals surface area contributed by atoms with Gasteiger partial charge in [-0.2, -0.15) is 0 Å². The van der Waals surface area contributed by atoms with Crippen LogP contribution in [0.2, 0.25) is 0 Å². The number of urea groups is 2. The van der Waals surface area contributed by atoms with Gasteiger partial charge in [-0.05, 0) is 31.5 Å². The Kier molecular flexibility index (Phi) is 4.78. The van der Waals surface area contributed by atoms with Gasteiger partial charge in [0.25, 0.3) is 0 Å². The van der Waals surface area contributed by atoms with E-state index in [0.29, 0.717) is 6.54 Å². The summed E-state index contributed by atoms with van der Waals surface area (Å²) >= 11 is 0. The van der Waals surface area contributed by atoms with E-state index in [0.717, 1.165) is 31.5 Å². The monoisotopic (exact) mass is 318 g/mol. The van der Waals surface area contributed by atoms with Crippen molar-refractivity contribution in [3.8, 4) is 0 Å². The molecule has 0 radical (unpaired) electrons. The van der Waals surface area contributed by atoms with Crippen molar-refractivity contribution < 1.29 is 14.4 Å². The van der Waals surface area contributed by atoms with Crippen LogP contribution in [0.1, 0.15) is 24.4 Å². The molecule has 2 aliphatic heterocycles. The van der Waals surface area contributed by atoms with E-state index < -0.39 is 6.03 Å². The number of amides is 4. The lowest BCUT2D eigenvalue weighted by atomic mass is 10.00. The number of hydrogen-bond acceptors (Lipinski definition) is 4. The molecule has 0 aliphatic carbocycles. The van der Waals surface area contributed by atoms with Gasteiger partial charge < -0.3 is 10.2 Å². The van der Waals surface area contributed by atoms with Gasteiger partial charge in [0.2, 0.25) is 0 Å². The lowest BCUT2D eigenvalue weighted by molar-refractivity contribution is 0.0926. The Hall–Kier alpha value is -2.12. The van der Waals surface area contributed by atoms with Crippen LogP contribution in [0.3, 0.4) is 0 Å². The van der Waals surface area contributed by atoms with Crippen LogP contribution in [0, 0.1) is 0 Å². The van der Waals surface area contributed by atoms with E-state index in [9.17, 15) is 9.59 Å². The molecule has 0 bridgehead atoms. The maximum Gasteiger partial charge on any atom is 0.349 e. The topological polar surface area (TPSA) is 73.9 Å². The lowest BCUT2D eigenvalue weighted by Gasteiger charge is -2.35. The lowest BCUT2D eigenvalue weighted by Crippen LogP contribution is -2.48. The van der Waals surface area contributed by atoms with E-state index in [1.807, 2.05) is 35.2 Å². The fourth-order valence-corrected chi connectivity index (χ4v) is 3.36. The van der Waals surface area contributed by atoms with Crippen LogP contribution < -0.4 is 10.8 Å². The third kappa shape index (κ3) is 3.16. The Morgan fingerprint density at radius 3 is 2.61 bits per heavy atom. The molecule has 0 spiro atoms. The predicted octanol–water partition coefficient (Wildman–Crippen LogP) is 1.49. The van der Waals surface area contributed by atoms with Crippen molar-refractivity contribution in [3.63, 3.8) is 0 Å². The number of hydroxylamine groups is 1. The van der Waals surface area contributed by atoms with Gasteiger partial charge in [-0.3, -0.25) is 4.84 Å². The van der Waals surface area contributed by atoms with Crippen molar-refractivity contribution in [1.82, 2.24) is 20.6 Å². The van der Waals surface area contributed by atoms with Crippen LogP contribution in [0.5, 0.6) is 0 Å². The van der Waals surface area contributed by atoms with Crippen LogP contribution in [0.25, 0.3) is 0 Å². The number of rotatable bonds is 3. The molecule has 7 heteroatoms. The van der Waals surface area contributed by atoms with Crippen LogP contribution in [0.4, 0.5) is 9.59 Å². The highest BCUT2D eigenvalue weighted by molar-refractivity contribution is 5.95. The summed E-state index contributed by atoms with van der Waals surface area (Å²) in [6.07, 6.45) is 1.80. The van der Waals surface area contributed by atoms with Gasteiger partial charge >= 0.3 is 12.1 Å². The van der Waals surface area contributed by atoms with Crippen LogP contribution in [-0.2, 0) is 4.84 Å². The third-order valence-electron chi connectivity index (χ3n) is 4.46. The van der Waals surface area contributed by atoms with E-state index in [4.69, 9.17) is 0 Å². The number of carbonyl (C=O) groups excluding carboxylic acids is 2. The summed E-state index contributed by atoms with van der Waals surface area (Å²) in [5, 5.41) is 3.31. The van der Waals surface area contributed by atoms with Crippen molar-refractivity contribution in [2.45, 2.75) is 24.9 Å². The molecule has 7 nitrogen and oxygen atoms in total. The van der Waals surface area contributed by atoms with Gasteiger partial charge in [0.1, 0.15) is 0 Å². The quantitative estimate of drug-likeness (QED) is 0.828. The predicted molar refractivity (Wildman–Crippen MR) is 84.6 cm³/mol. The van der Waals surface area contributed by atoms with Crippen molar-refractivity contribution in [2.24, 2.45) is 0 Å². The molecular formula is C16H22N4O3. The summed E-state index contributed by atoms with van der Waals surface area (Å²) in [4.78, 5) is 32.7. The molecule has 2 aliphatic rings. The summed E-state index contributed by atoms with van der Waals surface area (Å²) in [6, 6.07) is 9.13. The maximum absolute atomic E-state index is 12.8. The molecule has 3 rings (SSSR count). The minimum absolute atomic E-state index is 0.116. The van der Waals surface area contributed by atoms with E-state index in [1.165, 1.54) is 12.0 Å². The number of imide groups is 1. The summed E-state index contributed by atoms with van der Waals surface area (Å²) in [5.41, 5.74) is 3.29. The van der Waals surface area contributed by atoms with E-state index in [-0.39, 0.29) is 18.1 Å². The molecule has 0 saturated carbocycles. The van der Waals surface area contributed by atoms with Crippen molar-refractivity contribution in [2.75, 3.05) is 26.7 Å². The molecule has 1 aromatic rings. The highest BCUT2D eigenvalue weighted by atomic mass is 16.6. The highest BCUT2D eigenvalue weighted by Crippen LogP contribution is 2.33. The molecule has 1 atom stereocenters. The Morgan fingerprint density at radius 2 is 1.96 bits per heavy atom. The Bertz CT molecular complexity index is 560. The van der Waals surface area contributed by atoms with Gasteiger partial charge in [0.15, 0.2) is 0 Å². The number of nitrogens with zero attached hydrogens (tertiary/aromatic N) is 2. The first-order valence-electron chi connectivity index (χ1n) is 7.91. The van der Waals surface area contributed by atoms with E-state index in [2.05, 4.69) is 15.6 Å². The molecular weight excluding hydrogens is 296 g/mol. The van der Waals surface area contributed by atoms with Gasteiger partial charge in [-0.25, -0.2) is 20.0 Å². The fraction of sp³-hybridized carbons (Fsp3) is 0.500. The molecule has 2 heterocycles. The normalized spacial score (nSPS) is 22.5. The largest absolute Gasteiger partial charge is 0.349 e. The molecule has 0 unspecified atom stereocenters. The van der Waals surface area contributed by atoms with E-state index in [1.54, 1.807) is 0 Å². The molecule has 23 heavy (non-hydrogen) atoms. The highest BCUT2D eigenvalue weighted by Gasteiger charge is 2.44. The molecule has 4 amide bonds. The number of carbonyl (C=O) groups is 2. The Morgan fingerprint density at radius 1 is 1.26 bits per heavy atom. The summed E-state index contributed by atoms with van der Waals surface area (Å²) in [5.74, 6) is 0.